The van der Waals surface area contributed by atoms with Crippen molar-refractivity contribution in [2.45, 2.75) is 38.6 Å². The van der Waals surface area contributed by atoms with Gasteiger partial charge in [0.05, 0.1) is 23.1 Å². The van der Waals surface area contributed by atoms with Crippen molar-refractivity contribution in [2.24, 2.45) is 0 Å². The molecule has 1 N–H and O–H groups in total. The van der Waals surface area contributed by atoms with Crippen molar-refractivity contribution in [3.8, 4) is 5.69 Å². The molecule has 0 bridgehead atoms. The summed E-state index contributed by atoms with van der Waals surface area (Å²) in [4.78, 5) is 12.3. The molecule has 0 aliphatic heterocycles. The lowest BCUT2D eigenvalue weighted by atomic mass is 10.1. The van der Waals surface area contributed by atoms with Crippen LogP contribution in [0.2, 0.25) is 0 Å². The summed E-state index contributed by atoms with van der Waals surface area (Å²) < 4.78 is 15.1. The first-order valence-electron chi connectivity index (χ1n) is 7.32. The number of hydrogen-bond donors (Lipinski definition) is 1. The van der Waals surface area contributed by atoms with Crippen molar-refractivity contribution >= 4 is 5.91 Å². The lowest BCUT2D eigenvalue weighted by Crippen LogP contribution is -2.26. The van der Waals surface area contributed by atoms with Crippen LogP contribution in [-0.4, -0.2) is 21.7 Å². The summed E-state index contributed by atoms with van der Waals surface area (Å²) in [6.07, 6.45) is 5.29. The monoisotopic (exact) mass is 287 g/mol. The molecule has 21 heavy (non-hydrogen) atoms. The van der Waals surface area contributed by atoms with Crippen LogP contribution >= 0.6 is 0 Å². The highest BCUT2D eigenvalue weighted by Crippen LogP contribution is 2.22. The van der Waals surface area contributed by atoms with E-state index in [9.17, 15) is 9.18 Å². The molecule has 1 aliphatic carbocycles. The number of nitrogens with one attached hydrogen (secondary N) is 1. The average Bonchev–Trinajstić information content (AvgIpc) is 3.17. The molecule has 1 amide bonds. The zero-order valence-electron chi connectivity index (χ0n) is 12.0. The molecule has 0 spiro atoms. The van der Waals surface area contributed by atoms with E-state index in [4.69, 9.17) is 0 Å². The van der Waals surface area contributed by atoms with E-state index < -0.39 is 0 Å². The van der Waals surface area contributed by atoms with Crippen LogP contribution in [0.4, 0.5) is 4.39 Å². The Morgan fingerprint density at radius 3 is 2.95 bits per heavy atom. The number of halogens is 1. The van der Waals surface area contributed by atoms with E-state index in [1.807, 2.05) is 6.92 Å². The topological polar surface area (TPSA) is 46.9 Å². The van der Waals surface area contributed by atoms with Gasteiger partial charge in [-0.05, 0) is 37.5 Å². The normalized spacial score (nSPS) is 14.2. The largest absolute Gasteiger partial charge is 0.349 e. The SMILES string of the molecule is CCCc1c(C(=O)NC2CC2)cnn1-c1cccc(F)c1. The van der Waals surface area contributed by atoms with E-state index in [0.717, 1.165) is 31.4 Å². The third kappa shape index (κ3) is 2.96. The third-order valence-corrected chi connectivity index (χ3v) is 3.57. The second-order valence-corrected chi connectivity index (χ2v) is 5.39. The lowest BCUT2D eigenvalue weighted by Gasteiger charge is -2.09. The summed E-state index contributed by atoms with van der Waals surface area (Å²) in [5.74, 6) is -0.391. The highest BCUT2D eigenvalue weighted by Gasteiger charge is 2.26. The molecule has 1 aromatic heterocycles. The first kappa shape index (κ1) is 13.8. The number of nitrogens with zero attached hydrogens (tertiary/aromatic N) is 2. The summed E-state index contributed by atoms with van der Waals surface area (Å²) in [6.45, 7) is 2.05. The van der Waals surface area contributed by atoms with Gasteiger partial charge >= 0.3 is 0 Å². The molecule has 2 aromatic rings. The van der Waals surface area contributed by atoms with E-state index in [1.54, 1.807) is 23.0 Å². The fourth-order valence-electron chi connectivity index (χ4n) is 2.36. The molecular weight excluding hydrogens is 269 g/mol. The molecule has 1 heterocycles. The van der Waals surface area contributed by atoms with E-state index in [1.165, 1.54) is 12.1 Å². The fourth-order valence-corrected chi connectivity index (χ4v) is 2.36. The second-order valence-electron chi connectivity index (χ2n) is 5.39. The number of benzene rings is 1. The molecule has 0 unspecified atom stereocenters. The molecule has 1 aromatic carbocycles. The number of carbonyl (C=O) groups excluding carboxylic acids is 1. The van der Waals surface area contributed by atoms with E-state index in [0.29, 0.717) is 17.3 Å². The van der Waals surface area contributed by atoms with Gasteiger partial charge < -0.3 is 5.32 Å². The first-order chi connectivity index (χ1) is 10.2. The standard InChI is InChI=1S/C16H18FN3O/c1-2-4-15-14(16(21)19-12-7-8-12)10-18-20(15)13-6-3-5-11(17)9-13/h3,5-6,9-10,12H,2,4,7-8H2,1H3,(H,19,21). The van der Waals surface area contributed by atoms with Gasteiger partial charge in [0, 0.05) is 6.04 Å². The maximum absolute atomic E-state index is 13.4. The number of amides is 1. The quantitative estimate of drug-likeness (QED) is 0.919. The number of rotatable bonds is 5. The van der Waals surface area contributed by atoms with Gasteiger partial charge in [-0.1, -0.05) is 19.4 Å². The van der Waals surface area contributed by atoms with Crippen LogP contribution in [0, 0.1) is 5.82 Å². The Labute approximate surface area is 123 Å². The maximum atomic E-state index is 13.4. The van der Waals surface area contributed by atoms with Gasteiger partial charge in [0.25, 0.3) is 5.91 Å². The Bertz CT molecular complexity index is 661. The molecule has 3 rings (SSSR count). The zero-order valence-corrected chi connectivity index (χ0v) is 12.0. The Morgan fingerprint density at radius 1 is 1.48 bits per heavy atom. The minimum atomic E-state index is -0.311. The van der Waals surface area contributed by atoms with E-state index in [-0.39, 0.29) is 11.7 Å². The summed E-state index contributed by atoms with van der Waals surface area (Å²) in [5.41, 5.74) is 2.07. The van der Waals surface area contributed by atoms with Gasteiger partial charge in [0.1, 0.15) is 5.82 Å². The van der Waals surface area contributed by atoms with Crippen molar-refractivity contribution in [2.75, 3.05) is 0 Å². The highest BCUT2D eigenvalue weighted by atomic mass is 19.1. The summed E-state index contributed by atoms with van der Waals surface area (Å²) in [5, 5.41) is 7.26. The smallest absolute Gasteiger partial charge is 0.254 e. The number of carbonyl (C=O) groups is 1. The van der Waals surface area contributed by atoms with Crippen molar-refractivity contribution in [1.29, 1.82) is 0 Å². The van der Waals surface area contributed by atoms with Crippen molar-refractivity contribution in [1.82, 2.24) is 15.1 Å². The van der Waals surface area contributed by atoms with Gasteiger partial charge in [-0.25, -0.2) is 9.07 Å². The van der Waals surface area contributed by atoms with E-state index in [2.05, 4.69) is 10.4 Å². The Kier molecular flexibility index (Phi) is 3.73. The predicted molar refractivity (Wildman–Crippen MR) is 78.0 cm³/mol. The molecule has 0 radical (unpaired) electrons. The van der Waals surface area contributed by atoms with Crippen LogP contribution in [0.5, 0.6) is 0 Å². The summed E-state index contributed by atoms with van der Waals surface area (Å²) >= 11 is 0. The Balaban J connectivity index is 1.96. The van der Waals surface area contributed by atoms with Crippen LogP contribution in [-0.2, 0) is 6.42 Å². The van der Waals surface area contributed by atoms with Crippen LogP contribution < -0.4 is 5.32 Å². The van der Waals surface area contributed by atoms with Crippen molar-refractivity contribution < 1.29 is 9.18 Å². The maximum Gasteiger partial charge on any atom is 0.254 e. The first-order valence-corrected chi connectivity index (χ1v) is 7.32. The van der Waals surface area contributed by atoms with Crippen molar-refractivity contribution in [3.63, 3.8) is 0 Å². The van der Waals surface area contributed by atoms with E-state index >= 15 is 0 Å². The second kappa shape index (κ2) is 5.68. The lowest BCUT2D eigenvalue weighted by molar-refractivity contribution is 0.0950. The summed E-state index contributed by atoms with van der Waals surface area (Å²) in [6, 6.07) is 6.57. The predicted octanol–water partition coefficient (Wildman–Crippen LogP) is 2.86. The minimum absolute atomic E-state index is 0.0800. The fraction of sp³-hybridized carbons (Fsp3) is 0.375. The molecule has 4 nitrogen and oxygen atoms in total. The molecule has 1 aliphatic rings. The summed E-state index contributed by atoms with van der Waals surface area (Å²) in [7, 11) is 0. The van der Waals surface area contributed by atoms with Crippen LogP contribution in [0.1, 0.15) is 42.2 Å². The molecule has 0 saturated heterocycles. The minimum Gasteiger partial charge on any atom is -0.349 e. The van der Waals surface area contributed by atoms with Crippen molar-refractivity contribution in [3.05, 3.63) is 47.5 Å². The van der Waals surface area contributed by atoms with Crippen LogP contribution in [0.25, 0.3) is 5.69 Å². The number of aromatic nitrogens is 2. The molecule has 1 fully saturated rings. The third-order valence-electron chi connectivity index (χ3n) is 3.57. The highest BCUT2D eigenvalue weighted by molar-refractivity contribution is 5.95. The average molecular weight is 287 g/mol. The molecule has 1 saturated carbocycles. The van der Waals surface area contributed by atoms with Gasteiger partial charge in [-0.3, -0.25) is 4.79 Å². The Hall–Kier alpha value is -2.17. The number of hydrogen-bond acceptors (Lipinski definition) is 2. The molecule has 0 atom stereocenters. The van der Waals surface area contributed by atoms with Crippen LogP contribution in [0.15, 0.2) is 30.5 Å². The van der Waals surface area contributed by atoms with Gasteiger partial charge in [-0.2, -0.15) is 5.10 Å². The van der Waals surface area contributed by atoms with Crippen LogP contribution in [0.3, 0.4) is 0 Å². The molecular formula is C16H18FN3O. The zero-order chi connectivity index (χ0) is 14.8. The Morgan fingerprint density at radius 2 is 2.29 bits per heavy atom. The molecule has 110 valence electrons. The van der Waals surface area contributed by atoms with Gasteiger partial charge in [0.15, 0.2) is 0 Å². The molecule has 5 heteroatoms. The van der Waals surface area contributed by atoms with Gasteiger partial charge in [-0.15, -0.1) is 0 Å². The van der Waals surface area contributed by atoms with Gasteiger partial charge in [0.2, 0.25) is 0 Å².